The smallest absolute Gasteiger partial charge is 0.224 e. The first-order valence-electron chi connectivity index (χ1n) is 8.61. The average molecular weight is 345 g/mol. The van der Waals surface area contributed by atoms with E-state index in [1.54, 1.807) is 0 Å². The number of halogens is 2. The van der Waals surface area contributed by atoms with Gasteiger partial charge in [0.25, 0.3) is 0 Å². The van der Waals surface area contributed by atoms with Crippen LogP contribution in [0.4, 0.5) is 14.5 Å². The van der Waals surface area contributed by atoms with E-state index in [-0.39, 0.29) is 24.1 Å². The van der Waals surface area contributed by atoms with Gasteiger partial charge in [-0.2, -0.15) is 0 Å². The zero-order chi connectivity index (χ0) is 17.6. The summed E-state index contributed by atoms with van der Waals surface area (Å²) < 4.78 is 32.7. The molecule has 0 aliphatic heterocycles. The minimum atomic E-state index is -1.04. The van der Waals surface area contributed by atoms with Crippen LogP contribution < -0.4 is 10.1 Å². The molecule has 0 radical (unpaired) electrons. The van der Waals surface area contributed by atoms with Crippen molar-refractivity contribution in [1.82, 2.24) is 0 Å². The van der Waals surface area contributed by atoms with Gasteiger partial charge in [0, 0.05) is 6.42 Å². The fraction of sp³-hybridized carbons (Fsp3) is 0.350. The molecule has 1 amide bonds. The second-order valence-electron chi connectivity index (χ2n) is 6.32. The van der Waals surface area contributed by atoms with Crippen molar-refractivity contribution >= 4 is 11.6 Å². The summed E-state index contributed by atoms with van der Waals surface area (Å²) in [6.07, 6.45) is 5.57. The minimum Gasteiger partial charge on any atom is -0.490 e. The Hall–Kier alpha value is -2.43. The number of carbonyl (C=O) groups excluding carboxylic acids is 1. The van der Waals surface area contributed by atoms with Gasteiger partial charge in [0.05, 0.1) is 11.8 Å². The van der Waals surface area contributed by atoms with Crippen LogP contribution in [0.5, 0.6) is 5.75 Å². The van der Waals surface area contributed by atoms with Gasteiger partial charge < -0.3 is 10.1 Å². The minimum absolute atomic E-state index is 0.136. The lowest BCUT2D eigenvalue weighted by Crippen LogP contribution is -2.14. The number of nitrogens with one attached hydrogen (secondary N) is 1. The summed E-state index contributed by atoms with van der Waals surface area (Å²) in [6, 6.07) is 11.4. The average Bonchev–Trinajstić information content (AvgIpc) is 3.10. The topological polar surface area (TPSA) is 38.3 Å². The number of benzene rings is 2. The quantitative estimate of drug-likeness (QED) is 0.812. The lowest BCUT2D eigenvalue weighted by molar-refractivity contribution is -0.116. The number of anilines is 1. The van der Waals surface area contributed by atoms with Crippen LogP contribution in [-0.2, 0) is 11.2 Å². The molecule has 132 valence electrons. The Morgan fingerprint density at radius 2 is 1.88 bits per heavy atom. The molecule has 1 aliphatic rings. The van der Waals surface area contributed by atoms with Gasteiger partial charge in [-0.15, -0.1) is 0 Å². The zero-order valence-electron chi connectivity index (χ0n) is 13.9. The van der Waals surface area contributed by atoms with Crippen molar-refractivity contribution in [3.63, 3.8) is 0 Å². The van der Waals surface area contributed by atoms with E-state index < -0.39 is 11.6 Å². The molecule has 0 heterocycles. The molecule has 0 spiro atoms. The number of hydrogen-bond donors (Lipinski definition) is 1. The Morgan fingerprint density at radius 3 is 2.68 bits per heavy atom. The molecule has 1 fully saturated rings. The van der Waals surface area contributed by atoms with Crippen molar-refractivity contribution in [3.05, 3.63) is 59.7 Å². The molecule has 5 heteroatoms. The second kappa shape index (κ2) is 8.10. The van der Waals surface area contributed by atoms with Gasteiger partial charge in [-0.25, -0.2) is 8.78 Å². The number of hydrogen-bond acceptors (Lipinski definition) is 2. The van der Waals surface area contributed by atoms with E-state index >= 15 is 0 Å². The van der Waals surface area contributed by atoms with Crippen molar-refractivity contribution in [3.8, 4) is 5.75 Å². The molecule has 1 N–H and O–H groups in total. The molecule has 3 rings (SSSR count). The predicted octanol–water partition coefficient (Wildman–Crippen LogP) is 4.86. The number of carbonyl (C=O) groups is 1. The van der Waals surface area contributed by atoms with Crippen LogP contribution in [0.2, 0.25) is 0 Å². The molecule has 25 heavy (non-hydrogen) atoms. The summed E-state index contributed by atoms with van der Waals surface area (Å²) in [4.78, 5) is 12.0. The summed E-state index contributed by atoms with van der Waals surface area (Å²) in [5.74, 6) is -1.55. The van der Waals surface area contributed by atoms with Crippen molar-refractivity contribution in [2.75, 3.05) is 5.32 Å². The standard InChI is InChI=1S/C20H21F2NO2/c21-17-9-4-10-18(20(17)22)23-19(24)12-11-14-5-3-8-16(13-14)25-15-6-1-2-7-15/h3-5,8-10,13,15H,1-2,6-7,11-12H2,(H,23,24). The fourth-order valence-electron chi connectivity index (χ4n) is 3.04. The van der Waals surface area contributed by atoms with Gasteiger partial charge in [-0.3, -0.25) is 4.79 Å². The molecular weight excluding hydrogens is 324 g/mol. The van der Waals surface area contributed by atoms with Crippen molar-refractivity contribution in [1.29, 1.82) is 0 Å². The lowest BCUT2D eigenvalue weighted by atomic mass is 10.1. The van der Waals surface area contributed by atoms with E-state index in [1.165, 1.54) is 25.0 Å². The van der Waals surface area contributed by atoms with E-state index in [4.69, 9.17) is 4.74 Å². The van der Waals surface area contributed by atoms with Crippen LogP contribution >= 0.6 is 0 Å². The molecule has 2 aromatic carbocycles. The second-order valence-corrected chi connectivity index (χ2v) is 6.32. The largest absolute Gasteiger partial charge is 0.490 e. The van der Waals surface area contributed by atoms with Crippen LogP contribution in [0.25, 0.3) is 0 Å². The Labute approximate surface area is 146 Å². The van der Waals surface area contributed by atoms with Crippen LogP contribution in [0.1, 0.15) is 37.7 Å². The van der Waals surface area contributed by atoms with Gasteiger partial charge in [0.1, 0.15) is 5.75 Å². The normalized spacial score (nSPS) is 14.5. The van der Waals surface area contributed by atoms with E-state index in [0.717, 1.165) is 30.2 Å². The SMILES string of the molecule is O=C(CCc1cccc(OC2CCCC2)c1)Nc1cccc(F)c1F. The Morgan fingerprint density at radius 1 is 1.12 bits per heavy atom. The Balaban J connectivity index is 1.54. The summed E-state index contributed by atoms with van der Waals surface area (Å²) in [7, 11) is 0. The monoisotopic (exact) mass is 345 g/mol. The van der Waals surface area contributed by atoms with Crippen molar-refractivity contribution < 1.29 is 18.3 Å². The molecule has 0 bridgehead atoms. The van der Waals surface area contributed by atoms with Crippen LogP contribution in [0, 0.1) is 11.6 Å². The first kappa shape index (κ1) is 17.4. The third kappa shape index (κ3) is 4.78. The zero-order valence-corrected chi connectivity index (χ0v) is 13.9. The van der Waals surface area contributed by atoms with E-state index in [2.05, 4.69) is 5.32 Å². The number of amides is 1. The highest BCUT2D eigenvalue weighted by molar-refractivity contribution is 5.90. The van der Waals surface area contributed by atoms with Gasteiger partial charge in [-0.05, 0) is 61.9 Å². The highest BCUT2D eigenvalue weighted by Gasteiger charge is 2.16. The third-order valence-corrected chi connectivity index (χ3v) is 4.37. The van der Waals surface area contributed by atoms with Gasteiger partial charge in [-0.1, -0.05) is 18.2 Å². The molecule has 0 atom stereocenters. The molecule has 1 saturated carbocycles. The predicted molar refractivity (Wildman–Crippen MR) is 92.6 cm³/mol. The first-order valence-corrected chi connectivity index (χ1v) is 8.61. The van der Waals surface area contributed by atoms with E-state index in [0.29, 0.717) is 6.42 Å². The maximum atomic E-state index is 13.6. The molecule has 0 unspecified atom stereocenters. The van der Waals surface area contributed by atoms with Crippen LogP contribution in [0.15, 0.2) is 42.5 Å². The Bertz CT molecular complexity index is 742. The highest BCUT2D eigenvalue weighted by Crippen LogP contribution is 2.25. The first-order chi connectivity index (χ1) is 12.1. The maximum absolute atomic E-state index is 13.6. The molecule has 1 aliphatic carbocycles. The molecule has 2 aromatic rings. The van der Waals surface area contributed by atoms with Crippen LogP contribution in [-0.4, -0.2) is 12.0 Å². The van der Waals surface area contributed by atoms with Gasteiger partial charge in [0.2, 0.25) is 5.91 Å². The highest BCUT2D eigenvalue weighted by atomic mass is 19.2. The summed E-state index contributed by atoms with van der Waals surface area (Å²) in [5.41, 5.74) is 0.841. The van der Waals surface area contributed by atoms with E-state index in [9.17, 15) is 13.6 Å². The summed E-state index contributed by atoms with van der Waals surface area (Å²) in [6.45, 7) is 0. The summed E-state index contributed by atoms with van der Waals surface area (Å²) in [5, 5.41) is 2.41. The van der Waals surface area contributed by atoms with Crippen molar-refractivity contribution in [2.24, 2.45) is 0 Å². The van der Waals surface area contributed by atoms with Crippen molar-refractivity contribution in [2.45, 2.75) is 44.6 Å². The molecule has 0 saturated heterocycles. The Kier molecular flexibility index (Phi) is 5.64. The number of aryl methyl sites for hydroxylation is 1. The molecule has 0 aromatic heterocycles. The van der Waals surface area contributed by atoms with Crippen LogP contribution in [0.3, 0.4) is 0 Å². The number of ether oxygens (including phenoxy) is 1. The van der Waals surface area contributed by atoms with Gasteiger partial charge >= 0.3 is 0 Å². The van der Waals surface area contributed by atoms with E-state index in [1.807, 2.05) is 24.3 Å². The molecular formula is C20H21F2NO2. The summed E-state index contributed by atoms with van der Waals surface area (Å²) >= 11 is 0. The van der Waals surface area contributed by atoms with Gasteiger partial charge in [0.15, 0.2) is 11.6 Å². The fourth-order valence-corrected chi connectivity index (χ4v) is 3.04. The number of rotatable bonds is 6. The maximum Gasteiger partial charge on any atom is 0.224 e. The molecule has 3 nitrogen and oxygen atoms in total. The third-order valence-electron chi connectivity index (χ3n) is 4.37. The lowest BCUT2D eigenvalue weighted by Gasteiger charge is -2.14.